The summed E-state index contributed by atoms with van der Waals surface area (Å²) in [6.45, 7) is 4.72. The molecule has 1 fully saturated rings. The molecule has 94 valence electrons. The highest BCUT2D eigenvalue weighted by Crippen LogP contribution is 2.14. The molecule has 1 amide bonds. The SMILES string of the molecule is CCCN1C(=O)C(=Cc2ccc(C)cc2)NC1=S. The quantitative estimate of drug-likeness (QED) is 0.669. The van der Waals surface area contributed by atoms with Crippen molar-refractivity contribution in [2.45, 2.75) is 20.3 Å². The van der Waals surface area contributed by atoms with Crippen LogP contribution in [0.4, 0.5) is 0 Å². The number of benzene rings is 1. The Hall–Kier alpha value is -1.68. The zero-order chi connectivity index (χ0) is 13.1. The van der Waals surface area contributed by atoms with Crippen LogP contribution in [0, 0.1) is 6.92 Å². The number of rotatable bonds is 3. The van der Waals surface area contributed by atoms with Crippen LogP contribution in [0.2, 0.25) is 0 Å². The van der Waals surface area contributed by atoms with Gasteiger partial charge in [-0.2, -0.15) is 0 Å². The third-order valence-electron chi connectivity index (χ3n) is 2.80. The molecule has 0 atom stereocenters. The van der Waals surface area contributed by atoms with Crippen LogP contribution in [-0.4, -0.2) is 22.5 Å². The van der Waals surface area contributed by atoms with E-state index >= 15 is 0 Å². The Balaban J connectivity index is 2.22. The second-order valence-corrected chi connectivity index (χ2v) is 4.74. The zero-order valence-electron chi connectivity index (χ0n) is 10.6. The molecule has 1 N–H and O–H groups in total. The first kappa shape index (κ1) is 12.8. The highest BCUT2D eigenvalue weighted by atomic mass is 32.1. The van der Waals surface area contributed by atoms with Crippen molar-refractivity contribution < 1.29 is 4.79 Å². The fourth-order valence-electron chi connectivity index (χ4n) is 1.83. The smallest absolute Gasteiger partial charge is 0.276 e. The Kier molecular flexibility index (Phi) is 3.77. The molecule has 0 radical (unpaired) electrons. The maximum Gasteiger partial charge on any atom is 0.276 e. The first-order valence-corrected chi connectivity index (χ1v) is 6.44. The van der Waals surface area contributed by atoms with Gasteiger partial charge < -0.3 is 5.32 Å². The first-order chi connectivity index (χ1) is 8.61. The zero-order valence-corrected chi connectivity index (χ0v) is 11.4. The van der Waals surface area contributed by atoms with E-state index in [1.165, 1.54) is 5.56 Å². The van der Waals surface area contributed by atoms with Crippen LogP contribution in [0.15, 0.2) is 30.0 Å². The molecule has 1 heterocycles. The molecule has 4 heteroatoms. The number of amides is 1. The van der Waals surface area contributed by atoms with Gasteiger partial charge in [-0.05, 0) is 37.2 Å². The van der Waals surface area contributed by atoms with Crippen LogP contribution in [0.3, 0.4) is 0 Å². The Bertz CT molecular complexity index is 505. The van der Waals surface area contributed by atoms with E-state index in [4.69, 9.17) is 12.2 Å². The average Bonchev–Trinajstić information content (AvgIpc) is 2.60. The van der Waals surface area contributed by atoms with E-state index in [1.54, 1.807) is 4.90 Å². The summed E-state index contributed by atoms with van der Waals surface area (Å²) in [5.74, 6) is -0.0394. The largest absolute Gasteiger partial charge is 0.328 e. The van der Waals surface area contributed by atoms with E-state index in [0.29, 0.717) is 17.4 Å². The summed E-state index contributed by atoms with van der Waals surface area (Å²) in [6, 6.07) is 8.02. The van der Waals surface area contributed by atoms with E-state index in [0.717, 1.165) is 12.0 Å². The van der Waals surface area contributed by atoms with Crippen LogP contribution in [0.25, 0.3) is 6.08 Å². The number of aryl methyl sites for hydroxylation is 1. The highest BCUT2D eigenvalue weighted by Gasteiger charge is 2.29. The predicted octanol–water partition coefficient (Wildman–Crippen LogP) is 2.46. The molecule has 0 spiro atoms. The highest BCUT2D eigenvalue weighted by molar-refractivity contribution is 7.80. The normalized spacial score (nSPS) is 17.4. The number of hydrogen-bond donors (Lipinski definition) is 1. The van der Waals surface area contributed by atoms with Gasteiger partial charge in [-0.25, -0.2) is 0 Å². The molecule has 2 rings (SSSR count). The van der Waals surface area contributed by atoms with E-state index in [9.17, 15) is 4.79 Å². The molecule has 3 nitrogen and oxygen atoms in total. The van der Waals surface area contributed by atoms with Gasteiger partial charge in [0.2, 0.25) is 0 Å². The number of carbonyl (C=O) groups excluding carboxylic acids is 1. The Morgan fingerprint density at radius 3 is 2.61 bits per heavy atom. The average molecular weight is 260 g/mol. The van der Waals surface area contributed by atoms with Gasteiger partial charge in [0, 0.05) is 6.54 Å². The third kappa shape index (κ3) is 2.59. The summed E-state index contributed by atoms with van der Waals surface area (Å²) in [5.41, 5.74) is 2.75. The number of hydrogen-bond acceptors (Lipinski definition) is 2. The van der Waals surface area contributed by atoms with Crippen molar-refractivity contribution in [3.63, 3.8) is 0 Å². The minimum atomic E-state index is -0.0394. The Morgan fingerprint density at radius 2 is 2.00 bits per heavy atom. The maximum absolute atomic E-state index is 12.1. The minimum Gasteiger partial charge on any atom is -0.328 e. The van der Waals surface area contributed by atoms with Gasteiger partial charge >= 0.3 is 0 Å². The van der Waals surface area contributed by atoms with Crippen molar-refractivity contribution >= 4 is 29.3 Å². The van der Waals surface area contributed by atoms with E-state index < -0.39 is 0 Å². The van der Waals surface area contributed by atoms with Gasteiger partial charge in [-0.1, -0.05) is 36.8 Å². The van der Waals surface area contributed by atoms with E-state index in [2.05, 4.69) is 5.32 Å². The summed E-state index contributed by atoms with van der Waals surface area (Å²) in [5, 5.41) is 3.47. The molecule has 1 aliphatic rings. The van der Waals surface area contributed by atoms with Gasteiger partial charge in [0.1, 0.15) is 5.70 Å². The van der Waals surface area contributed by atoms with Crippen LogP contribution in [-0.2, 0) is 4.79 Å². The van der Waals surface area contributed by atoms with E-state index in [-0.39, 0.29) is 5.91 Å². The van der Waals surface area contributed by atoms with Gasteiger partial charge in [-0.15, -0.1) is 0 Å². The minimum absolute atomic E-state index is 0.0394. The third-order valence-corrected chi connectivity index (χ3v) is 3.12. The summed E-state index contributed by atoms with van der Waals surface area (Å²) >= 11 is 5.15. The molecule has 1 aromatic rings. The van der Waals surface area contributed by atoms with Crippen molar-refractivity contribution in [1.29, 1.82) is 0 Å². The monoisotopic (exact) mass is 260 g/mol. The number of nitrogens with zero attached hydrogens (tertiary/aromatic N) is 1. The van der Waals surface area contributed by atoms with Crippen LogP contribution in [0.1, 0.15) is 24.5 Å². The molecule has 0 bridgehead atoms. The molecule has 1 saturated heterocycles. The Morgan fingerprint density at radius 1 is 1.33 bits per heavy atom. The molecule has 1 aliphatic heterocycles. The molecular weight excluding hydrogens is 244 g/mol. The van der Waals surface area contributed by atoms with Gasteiger partial charge in [0.25, 0.3) is 5.91 Å². The molecule has 18 heavy (non-hydrogen) atoms. The number of thiocarbonyl (C=S) groups is 1. The second kappa shape index (κ2) is 5.31. The van der Waals surface area contributed by atoms with Crippen molar-refractivity contribution in [2.75, 3.05) is 6.54 Å². The van der Waals surface area contributed by atoms with Crippen molar-refractivity contribution in [3.8, 4) is 0 Å². The lowest BCUT2D eigenvalue weighted by Crippen LogP contribution is -2.31. The topological polar surface area (TPSA) is 32.3 Å². The lowest BCUT2D eigenvalue weighted by molar-refractivity contribution is -0.122. The molecule has 0 aromatic heterocycles. The molecule has 0 aliphatic carbocycles. The van der Waals surface area contributed by atoms with Crippen molar-refractivity contribution in [3.05, 3.63) is 41.1 Å². The molecule has 1 aromatic carbocycles. The molecule has 0 saturated carbocycles. The van der Waals surface area contributed by atoms with Gasteiger partial charge in [0.15, 0.2) is 5.11 Å². The standard InChI is InChI=1S/C14H16N2OS/c1-3-8-16-13(17)12(15-14(16)18)9-11-6-4-10(2)5-7-11/h4-7,9H,3,8H2,1-2H3,(H,15,18). The lowest BCUT2D eigenvalue weighted by Gasteiger charge is -2.11. The summed E-state index contributed by atoms with van der Waals surface area (Å²) in [7, 11) is 0. The summed E-state index contributed by atoms with van der Waals surface area (Å²) in [6.07, 6.45) is 2.73. The lowest BCUT2D eigenvalue weighted by atomic mass is 10.1. The van der Waals surface area contributed by atoms with Gasteiger partial charge in [-0.3, -0.25) is 9.69 Å². The summed E-state index contributed by atoms with van der Waals surface area (Å²) < 4.78 is 0. The number of carbonyl (C=O) groups is 1. The summed E-state index contributed by atoms with van der Waals surface area (Å²) in [4.78, 5) is 13.7. The van der Waals surface area contributed by atoms with E-state index in [1.807, 2.05) is 44.2 Å². The predicted molar refractivity (Wildman–Crippen MR) is 76.9 cm³/mol. The maximum atomic E-state index is 12.1. The van der Waals surface area contributed by atoms with Crippen LogP contribution < -0.4 is 5.32 Å². The molecule has 0 unspecified atom stereocenters. The fourth-order valence-corrected chi connectivity index (χ4v) is 2.11. The van der Waals surface area contributed by atoms with Crippen molar-refractivity contribution in [2.24, 2.45) is 0 Å². The number of nitrogens with one attached hydrogen (secondary N) is 1. The first-order valence-electron chi connectivity index (χ1n) is 6.03. The van der Waals surface area contributed by atoms with Crippen molar-refractivity contribution in [1.82, 2.24) is 10.2 Å². The fraction of sp³-hybridized carbons (Fsp3) is 0.286. The van der Waals surface area contributed by atoms with Crippen LogP contribution >= 0.6 is 12.2 Å². The Labute approximate surface area is 112 Å². The molecular formula is C14H16N2OS. The van der Waals surface area contributed by atoms with Gasteiger partial charge in [0.05, 0.1) is 0 Å². The van der Waals surface area contributed by atoms with Crippen LogP contribution in [0.5, 0.6) is 0 Å². The second-order valence-electron chi connectivity index (χ2n) is 4.36.